The molecule has 0 aromatic carbocycles. The standard InChI is InChI=1S/C34H70N6O/c1-5-19-37(20-6-2)23-11-9-13-30-15-25-39(26-16-30)29-32(35)33(34(36)41)40-27-17-31(18-28-40)14-10-12-24-38(21-7-3)22-8-4/h30-33H,5-29,35H2,1-4H3,(H2,36,41). The molecule has 4 N–H and O–H groups in total. The van der Waals surface area contributed by atoms with Gasteiger partial charge in [0.05, 0.1) is 0 Å². The van der Waals surface area contributed by atoms with Crippen molar-refractivity contribution < 1.29 is 4.79 Å². The first-order valence-corrected chi connectivity index (χ1v) is 17.9. The molecule has 2 aliphatic rings. The molecule has 7 heteroatoms. The number of nitrogens with zero attached hydrogens (tertiary/aromatic N) is 4. The van der Waals surface area contributed by atoms with Gasteiger partial charge >= 0.3 is 0 Å². The fraction of sp³-hybridized carbons (Fsp3) is 0.971. The summed E-state index contributed by atoms with van der Waals surface area (Å²) in [5.74, 6) is 1.39. The summed E-state index contributed by atoms with van der Waals surface area (Å²) < 4.78 is 0. The Kier molecular flexibility index (Phi) is 19.5. The molecule has 242 valence electrons. The number of primary amides is 1. The van der Waals surface area contributed by atoms with Gasteiger partial charge in [-0.1, -0.05) is 53.4 Å². The lowest BCUT2D eigenvalue weighted by Crippen LogP contribution is -2.60. The van der Waals surface area contributed by atoms with Gasteiger partial charge in [-0.15, -0.1) is 0 Å². The van der Waals surface area contributed by atoms with Crippen molar-refractivity contribution in [3.63, 3.8) is 0 Å². The average Bonchev–Trinajstić information content (AvgIpc) is 2.95. The van der Waals surface area contributed by atoms with Gasteiger partial charge in [0.15, 0.2) is 0 Å². The highest BCUT2D eigenvalue weighted by Gasteiger charge is 2.34. The Morgan fingerprint density at radius 3 is 1.49 bits per heavy atom. The number of nitrogens with two attached hydrogens (primary N) is 2. The summed E-state index contributed by atoms with van der Waals surface area (Å²) in [6, 6.07) is -0.536. The third-order valence-corrected chi connectivity index (χ3v) is 9.75. The maximum Gasteiger partial charge on any atom is 0.236 e. The molecule has 7 nitrogen and oxygen atoms in total. The maximum atomic E-state index is 12.5. The van der Waals surface area contributed by atoms with E-state index in [-0.39, 0.29) is 18.0 Å². The summed E-state index contributed by atoms with van der Waals surface area (Å²) in [5, 5.41) is 0. The average molecular weight is 579 g/mol. The minimum absolute atomic E-state index is 0.202. The van der Waals surface area contributed by atoms with E-state index in [2.05, 4.69) is 47.3 Å². The number of hydrogen-bond acceptors (Lipinski definition) is 6. The van der Waals surface area contributed by atoms with E-state index in [4.69, 9.17) is 11.5 Å². The first-order chi connectivity index (χ1) is 19.9. The summed E-state index contributed by atoms with van der Waals surface area (Å²) in [4.78, 5) is 22.6. The molecule has 2 atom stereocenters. The predicted molar refractivity (Wildman–Crippen MR) is 176 cm³/mol. The molecule has 0 aliphatic carbocycles. The molecule has 2 heterocycles. The van der Waals surface area contributed by atoms with Crippen molar-refractivity contribution >= 4 is 5.91 Å². The highest BCUT2D eigenvalue weighted by molar-refractivity contribution is 5.80. The number of carbonyl (C=O) groups excluding carboxylic acids is 1. The number of amides is 1. The Labute approximate surface area is 255 Å². The van der Waals surface area contributed by atoms with E-state index in [1.807, 2.05) is 0 Å². The van der Waals surface area contributed by atoms with Crippen molar-refractivity contribution in [1.29, 1.82) is 0 Å². The van der Waals surface area contributed by atoms with E-state index in [0.29, 0.717) is 0 Å². The fourth-order valence-corrected chi connectivity index (χ4v) is 7.51. The SMILES string of the molecule is CCCN(CCC)CCCCC1CCN(CC(N)C(C(N)=O)N2CCC(CCCCN(CCC)CCC)CC2)CC1. The Morgan fingerprint density at radius 2 is 1.10 bits per heavy atom. The van der Waals surface area contributed by atoms with Crippen LogP contribution in [0.2, 0.25) is 0 Å². The zero-order valence-electron chi connectivity index (χ0n) is 27.8. The van der Waals surface area contributed by atoms with E-state index in [1.165, 1.54) is 129 Å². The number of hydrogen-bond donors (Lipinski definition) is 2. The quantitative estimate of drug-likeness (QED) is 0.163. The van der Waals surface area contributed by atoms with Crippen LogP contribution in [0.5, 0.6) is 0 Å². The van der Waals surface area contributed by atoms with Crippen LogP contribution in [0.3, 0.4) is 0 Å². The second kappa shape index (κ2) is 21.9. The van der Waals surface area contributed by atoms with Crippen molar-refractivity contribution in [2.24, 2.45) is 23.3 Å². The molecule has 41 heavy (non-hydrogen) atoms. The van der Waals surface area contributed by atoms with E-state index in [0.717, 1.165) is 44.6 Å². The molecular weight excluding hydrogens is 508 g/mol. The van der Waals surface area contributed by atoms with E-state index in [1.54, 1.807) is 0 Å². The predicted octanol–water partition coefficient (Wildman–Crippen LogP) is 5.18. The number of rotatable bonds is 23. The van der Waals surface area contributed by atoms with Gasteiger partial charge in [-0.25, -0.2) is 0 Å². The molecule has 2 saturated heterocycles. The molecule has 0 spiro atoms. The molecule has 0 bridgehead atoms. The monoisotopic (exact) mass is 579 g/mol. The summed E-state index contributed by atoms with van der Waals surface area (Å²) in [5.41, 5.74) is 12.7. The highest BCUT2D eigenvalue weighted by atomic mass is 16.1. The smallest absolute Gasteiger partial charge is 0.236 e. The van der Waals surface area contributed by atoms with E-state index < -0.39 is 0 Å². The van der Waals surface area contributed by atoms with Gasteiger partial charge in [-0.3, -0.25) is 9.69 Å². The topological polar surface area (TPSA) is 82.1 Å². The van der Waals surface area contributed by atoms with E-state index in [9.17, 15) is 4.79 Å². The van der Waals surface area contributed by atoms with Gasteiger partial charge in [-0.05, 0) is 141 Å². The normalized spacial score (nSPS) is 19.8. The van der Waals surface area contributed by atoms with Crippen LogP contribution in [0.25, 0.3) is 0 Å². The molecule has 0 saturated carbocycles. The van der Waals surface area contributed by atoms with Crippen molar-refractivity contribution in [3.05, 3.63) is 0 Å². The van der Waals surface area contributed by atoms with Gasteiger partial charge in [-0.2, -0.15) is 0 Å². The highest BCUT2D eigenvalue weighted by Crippen LogP contribution is 2.26. The first kappa shape index (κ1) is 36.5. The van der Waals surface area contributed by atoms with Gasteiger partial charge in [0.25, 0.3) is 0 Å². The molecule has 0 radical (unpaired) electrons. The second-order valence-electron chi connectivity index (χ2n) is 13.4. The number of piperidine rings is 2. The van der Waals surface area contributed by atoms with Gasteiger partial charge in [0, 0.05) is 12.6 Å². The van der Waals surface area contributed by atoms with Crippen LogP contribution in [0, 0.1) is 11.8 Å². The summed E-state index contributed by atoms with van der Waals surface area (Å²) in [6.07, 6.45) is 17.9. The first-order valence-electron chi connectivity index (χ1n) is 17.9. The summed E-state index contributed by atoms with van der Waals surface area (Å²) in [7, 11) is 0. The van der Waals surface area contributed by atoms with Crippen LogP contribution >= 0.6 is 0 Å². The second-order valence-corrected chi connectivity index (χ2v) is 13.4. The molecule has 2 unspecified atom stereocenters. The zero-order chi connectivity index (χ0) is 29.9. The minimum Gasteiger partial charge on any atom is -0.368 e. The third kappa shape index (κ3) is 14.5. The van der Waals surface area contributed by atoms with Gasteiger partial charge < -0.3 is 26.2 Å². The van der Waals surface area contributed by atoms with Crippen LogP contribution < -0.4 is 11.5 Å². The Bertz CT molecular complexity index is 635. The number of unbranched alkanes of at least 4 members (excludes halogenated alkanes) is 2. The molecule has 1 amide bonds. The van der Waals surface area contributed by atoms with Crippen LogP contribution in [-0.2, 0) is 4.79 Å². The number of likely N-dealkylation sites (tertiary alicyclic amines) is 2. The van der Waals surface area contributed by atoms with Crippen molar-refractivity contribution in [2.75, 3.05) is 72.0 Å². The molecule has 2 rings (SSSR count). The lowest BCUT2D eigenvalue weighted by Gasteiger charge is -2.41. The molecule has 2 fully saturated rings. The largest absolute Gasteiger partial charge is 0.368 e. The Hall–Kier alpha value is -0.730. The minimum atomic E-state index is -0.334. The van der Waals surface area contributed by atoms with Gasteiger partial charge in [0.1, 0.15) is 6.04 Å². The summed E-state index contributed by atoms with van der Waals surface area (Å²) in [6.45, 7) is 21.5. The van der Waals surface area contributed by atoms with Crippen LogP contribution in [0.4, 0.5) is 0 Å². The van der Waals surface area contributed by atoms with Crippen LogP contribution in [0.1, 0.15) is 118 Å². The van der Waals surface area contributed by atoms with Crippen molar-refractivity contribution in [2.45, 2.75) is 130 Å². The van der Waals surface area contributed by atoms with Gasteiger partial charge in [0.2, 0.25) is 5.91 Å². The Morgan fingerprint density at radius 1 is 0.683 bits per heavy atom. The molecular formula is C34H70N6O. The maximum absolute atomic E-state index is 12.5. The Balaban J connectivity index is 1.65. The number of carbonyl (C=O) groups is 1. The lowest BCUT2D eigenvalue weighted by atomic mass is 9.89. The van der Waals surface area contributed by atoms with Crippen LogP contribution in [-0.4, -0.2) is 110 Å². The van der Waals surface area contributed by atoms with Crippen molar-refractivity contribution in [3.8, 4) is 0 Å². The lowest BCUT2D eigenvalue weighted by molar-refractivity contribution is -0.124. The third-order valence-electron chi connectivity index (χ3n) is 9.75. The van der Waals surface area contributed by atoms with Crippen LogP contribution in [0.15, 0.2) is 0 Å². The van der Waals surface area contributed by atoms with Crippen molar-refractivity contribution in [1.82, 2.24) is 19.6 Å². The fourth-order valence-electron chi connectivity index (χ4n) is 7.51. The molecule has 0 aromatic heterocycles. The molecule has 0 aromatic rings. The molecule has 2 aliphatic heterocycles. The van der Waals surface area contributed by atoms with E-state index >= 15 is 0 Å². The zero-order valence-corrected chi connectivity index (χ0v) is 27.8. The summed E-state index contributed by atoms with van der Waals surface area (Å²) >= 11 is 0.